The van der Waals surface area contributed by atoms with Crippen LogP contribution in [0, 0.1) is 6.92 Å². The van der Waals surface area contributed by atoms with Crippen LogP contribution in [0.2, 0.25) is 0 Å². The number of benzene rings is 2. The lowest BCUT2D eigenvalue weighted by Crippen LogP contribution is -2.32. The summed E-state index contributed by atoms with van der Waals surface area (Å²) in [7, 11) is 0. The van der Waals surface area contributed by atoms with Crippen LogP contribution in [0.15, 0.2) is 60.7 Å². The van der Waals surface area contributed by atoms with Crippen LogP contribution in [0.1, 0.15) is 22.4 Å². The van der Waals surface area contributed by atoms with Crippen LogP contribution in [0.5, 0.6) is 0 Å². The Kier molecular flexibility index (Phi) is 4.34. The average Bonchev–Trinajstić information content (AvgIpc) is 2.66. The molecular formula is C21H22N4. The lowest BCUT2D eigenvalue weighted by molar-refractivity contribution is 0.706. The maximum absolute atomic E-state index is 4.75. The molecule has 0 spiro atoms. The summed E-state index contributed by atoms with van der Waals surface area (Å²) in [5.41, 5.74) is 5.04. The minimum atomic E-state index is 0.763. The number of fused-ring (bicyclic) bond motifs is 1. The van der Waals surface area contributed by atoms with Crippen LogP contribution >= 0.6 is 0 Å². The van der Waals surface area contributed by atoms with Gasteiger partial charge in [-0.15, -0.1) is 0 Å². The first-order chi connectivity index (χ1) is 12.3. The molecule has 0 radical (unpaired) electrons. The molecule has 0 bridgehead atoms. The fourth-order valence-corrected chi connectivity index (χ4v) is 3.24. The largest absolute Gasteiger partial charge is 0.366 e. The van der Waals surface area contributed by atoms with Crippen molar-refractivity contribution in [3.63, 3.8) is 0 Å². The molecule has 0 saturated carbocycles. The summed E-state index contributed by atoms with van der Waals surface area (Å²) in [6.45, 7) is 4.62. The SMILES string of the molecule is Cc1cc(NCc2ccccc2)nc(N2CCc3ccccc3C2)n1. The van der Waals surface area contributed by atoms with E-state index >= 15 is 0 Å². The molecular weight excluding hydrogens is 308 g/mol. The highest BCUT2D eigenvalue weighted by atomic mass is 15.3. The number of anilines is 2. The molecule has 2 aromatic carbocycles. The van der Waals surface area contributed by atoms with Gasteiger partial charge >= 0.3 is 0 Å². The Morgan fingerprint density at radius 1 is 0.960 bits per heavy atom. The molecule has 0 amide bonds. The molecule has 0 saturated heterocycles. The Hall–Kier alpha value is -2.88. The first-order valence-electron chi connectivity index (χ1n) is 8.73. The maximum atomic E-state index is 4.75. The lowest BCUT2D eigenvalue weighted by Gasteiger charge is -2.29. The molecule has 1 N–H and O–H groups in total. The van der Waals surface area contributed by atoms with Gasteiger partial charge < -0.3 is 10.2 Å². The zero-order valence-electron chi connectivity index (χ0n) is 14.4. The van der Waals surface area contributed by atoms with Crippen molar-refractivity contribution in [3.8, 4) is 0 Å². The van der Waals surface area contributed by atoms with Crippen molar-refractivity contribution in [2.24, 2.45) is 0 Å². The molecule has 4 rings (SSSR count). The van der Waals surface area contributed by atoms with Gasteiger partial charge in [0.15, 0.2) is 0 Å². The van der Waals surface area contributed by atoms with Gasteiger partial charge in [0.2, 0.25) is 5.95 Å². The number of hydrogen-bond donors (Lipinski definition) is 1. The summed E-state index contributed by atoms with van der Waals surface area (Å²) in [5.74, 6) is 1.69. The van der Waals surface area contributed by atoms with E-state index in [1.165, 1.54) is 16.7 Å². The fraction of sp³-hybridized carbons (Fsp3) is 0.238. The molecule has 0 unspecified atom stereocenters. The third-order valence-electron chi connectivity index (χ3n) is 4.57. The highest BCUT2D eigenvalue weighted by molar-refractivity contribution is 5.46. The second-order valence-corrected chi connectivity index (χ2v) is 6.47. The van der Waals surface area contributed by atoms with Crippen LogP contribution in [-0.2, 0) is 19.5 Å². The summed E-state index contributed by atoms with van der Waals surface area (Å²) in [5, 5.41) is 3.42. The van der Waals surface area contributed by atoms with Crippen molar-refractivity contribution >= 4 is 11.8 Å². The second kappa shape index (κ2) is 6.93. The number of aromatic nitrogens is 2. The first-order valence-corrected chi connectivity index (χ1v) is 8.73. The lowest BCUT2D eigenvalue weighted by atomic mass is 10.0. The molecule has 3 aromatic rings. The van der Waals surface area contributed by atoms with Gasteiger partial charge in [0.25, 0.3) is 0 Å². The van der Waals surface area contributed by atoms with Gasteiger partial charge in [-0.25, -0.2) is 4.98 Å². The fourth-order valence-electron chi connectivity index (χ4n) is 3.24. The zero-order chi connectivity index (χ0) is 17.1. The predicted octanol–water partition coefficient (Wildman–Crippen LogP) is 3.96. The number of hydrogen-bond acceptors (Lipinski definition) is 4. The Balaban J connectivity index is 1.52. The predicted molar refractivity (Wildman–Crippen MR) is 102 cm³/mol. The van der Waals surface area contributed by atoms with Crippen molar-refractivity contribution in [2.75, 3.05) is 16.8 Å². The highest BCUT2D eigenvalue weighted by Crippen LogP contribution is 2.23. The monoisotopic (exact) mass is 330 g/mol. The van der Waals surface area contributed by atoms with Crippen molar-refractivity contribution in [2.45, 2.75) is 26.4 Å². The maximum Gasteiger partial charge on any atom is 0.227 e. The smallest absolute Gasteiger partial charge is 0.227 e. The summed E-state index contributed by atoms with van der Waals surface area (Å²) >= 11 is 0. The molecule has 0 atom stereocenters. The molecule has 4 nitrogen and oxygen atoms in total. The number of aryl methyl sites for hydroxylation is 1. The zero-order valence-corrected chi connectivity index (χ0v) is 14.4. The molecule has 0 fully saturated rings. The van der Waals surface area contributed by atoms with Crippen LogP contribution in [0.3, 0.4) is 0 Å². The second-order valence-electron chi connectivity index (χ2n) is 6.47. The van der Waals surface area contributed by atoms with Gasteiger partial charge in [-0.05, 0) is 30.0 Å². The summed E-state index contributed by atoms with van der Waals surface area (Å²) in [6.07, 6.45) is 1.04. The molecule has 126 valence electrons. The quantitative estimate of drug-likeness (QED) is 0.786. The summed E-state index contributed by atoms with van der Waals surface area (Å²) < 4.78 is 0. The van der Waals surface area contributed by atoms with E-state index in [4.69, 9.17) is 4.98 Å². The van der Waals surface area contributed by atoms with Gasteiger partial charge in [-0.3, -0.25) is 0 Å². The minimum Gasteiger partial charge on any atom is -0.366 e. The van der Waals surface area contributed by atoms with Gasteiger partial charge in [0.05, 0.1) is 0 Å². The van der Waals surface area contributed by atoms with E-state index in [1.54, 1.807) is 0 Å². The van der Waals surface area contributed by atoms with E-state index in [9.17, 15) is 0 Å². The van der Waals surface area contributed by atoms with E-state index in [0.29, 0.717) is 0 Å². The Morgan fingerprint density at radius 2 is 1.72 bits per heavy atom. The van der Waals surface area contributed by atoms with E-state index < -0.39 is 0 Å². The molecule has 2 heterocycles. The van der Waals surface area contributed by atoms with Gasteiger partial charge in [0.1, 0.15) is 5.82 Å². The standard InChI is InChI=1S/C21H22N4/c1-16-13-20(22-14-17-7-3-2-4-8-17)24-21(23-16)25-12-11-18-9-5-6-10-19(18)15-25/h2-10,13H,11-12,14-15H2,1H3,(H,22,23,24). The molecule has 25 heavy (non-hydrogen) atoms. The van der Waals surface area contributed by atoms with Crippen LogP contribution in [0.25, 0.3) is 0 Å². The van der Waals surface area contributed by atoms with Crippen molar-refractivity contribution < 1.29 is 0 Å². The van der Waals surface area contributed by atoms with Crippen molar-refractivity contribution in [3.05, 3.63) is 83.0 Å². The van der Waals surface area contributed by atoms with Crippen molar-refractivity contribution in [1.29, 1.82) is 0 Å². The Labute approximate surface area is 148 Å². The van der Waals surface area contributed by atoms with E-state index in [1.807, 2.05) is 19.1 Å². The van der Waals surface area contributed by atoms with E-state index in [0.717, 1.165) is 43.5 Å². The van der Waals surface area contributed by atoms with E-state index in [-0.39, 0.29) is 0 Å². The van der Waals surface area contributed by atoms with Gasteiger partial charge in [-0.1, -0.05) is 54.6 Å². The van der Waals surface area contributed by atoms with E-state index in [2.05, 4.69) is 63.7 Å². The molecule has 1 aromatic heterocycles. The first kappa shape index (κ1) is 15.6. The Bertz CT molecular complexity index is 861. The third kappa shape index (κ3) is 3.63. The minimum absolute atomic E-state index is 0.763. The topological polar surface area (TPSA) is 41.1 Å². The number of nitrogens with one attached hydrogen (secondary N) is 1. The Morgan fingerprint density at radius 3 is 2.56 bits per heavy atom. The van der Waals surface area contributed by atoms with Crippen molar-refractivity contribution in [1.82, 2.24) is 9.97 Å². The van der Waals surface area contributed by atoms with Gasteiger partial charge in [-0.2, -0.15) is 4.98 Å². The third-order valence-corrected chi connectivity index (χ3v) is 4.57. The summed E-state index contributed by atoms with van der Waals surface area (Å²) in [4.78, 5) is 11.7. The van der Waals surface area contributed by atoms with Crippen LogP contribution in [-0.4, -0.2) is 16.5 Å². The molecule has 4 heteroatoms. The normalized spacial score (nSPS) is 13.4. The van der Waals surface area contributed by atoms with Crippen LogP contribution < -0.4 is 10.2 Å². The number of nitrogens with zero attached hydrogens (tertiary/aromatic N) is 3. The molecule has 1 aliphatic rings. The average molecular weight is 330 g/mol. The summed E-state index contributed by atoms with van der Waals surface area (Å²) in [6, 6.07) is 21.0. The van der Waals surface area contributed by atoms with Gasteiger partial charge in [0, 0.05) is 31.4 Å². The van der Waals surface area contributed by atoms with Crippen LogP contribution in [0.4, 0.5) is 11.8 Å². The number of rotatable bonds is 4. The highest BCUT2D eigenvalue weighted by Gasteiger charge is 2.18. The molecule has 0 aliphatic carbocycles. The molecule has 1 aliphatic heterocycles.